The molecule has 1 aliphatic rings. The zero-order valence-electron chi connectivity index (χ0n) is 16.5. The number of para-hydroxylation sites is 3. The molecule has 5 rings (SSSR count). The van der Waals surface area contributed by atoms with Crippen LogP contribution in [0.25, 0.3) is 27.5 Å². The molecule has 0 radical (unpaired) electrons. The number of rotatable bonds is 3. The van der Waals surface area contributed by atoms with Gasteiger partial charge in [0.1, 0.15) is 6.54 Å². The molecule has 31 heavy (non-hydrogen) atoms. The molecule has 8 heteroatoms. The summed E-state index contributed by atoms with van der Waals surface area (Å²) in [5, 5.41) is 1.12. The van der Waals surface area contributed by atoms with Crippen LogP contribution >= 0.6 is 0 Å². The molecule has 158 valence electrons. The molecule has 1 aliphatic heterocycles. The molecule has 2 aromatic carbocycles. The summed E-state index contributed by atoms with van der Waals surface area (Å²) in [6, 6.07) is 14.3. The first-order valence-corrected chi connectivity index (χ1v) is 9.97. The lowest BCUT2D eigenvalue weighted by Gasteiger charge is -2.27. The second kappa shape index (κ2) is 7.30. The quantitative estimate of drug-likeness (QED) is 0.511. The maximum absolute atomic E-state index is 13.5. The normalized spacial score (nSPS) is 14.9. The lowest BCUT2D eigenvalue weighted by Crippen LogP contribution is -2.37. The topological polar surface area (TPSA) is 53.9 Å². The van der Waals surface area contributed by atoms with Crippen LogP contribution < -0.4 is 0 Å². The van der Waals surface area contributed by atoms with Crippen LogP contribution in [0.4, 0.5) is 13.2 Å². The van der Waals surface area contributed by atoms with Crippen LogP contribution in [0.2, 0.25) is 0 Å². The van der Waals surface area contributed by atoms with Crippen LogP contribution in [0.1, 0.15) is 17.8 Å². The molecule has 4 aromatic rings. The van der Waals surface area contributed by atoms with E-state index in [4.69, 9.17) is 0 Å². The Labute approximate surface area is 175 Å². The molecule has 0 atom stereocenters. The van der Waals surface area contributed by atoms with E-state index in [1.807, 2.05) is 36.5 Å². The summed E-state index contributed by atoms with van der Waals surface area (Å²) in [5.41, 5.74) is 3.80. The van der Waals surface area contributed by atoms with E-state index in [1.165, 1.54) is 6.07 Å². The van der Waals surface area contributed by atoms with Gasteiger partial charge in [-0.1, -0.05) is 36.4 Å². The predicted octanol–water partition coefficient (Wildman–Crippen LogP) is 4.85. The van der Waals surface area contributed by atoms with Crippen molar-refractivity contribution in [3.63, 3.8) is 0 Å². The Hall–Kier alpha value is -3.55. The summed E-state index contributed by atoms with van der Waals surface area (Å²) < 4.78 is 41.5. The van der Waals surface area contributed by atoms with Gasteiger partial charge in [0.15, 0.2) is 0 Å². The second-order valence-corrected chi connectivity index (χ2v) is 7.58. The number of aromatic amines is 1. The number of carbonyl (C=O) groups excluding carboxylic acids is 1. The lowest BCUT2D eigenvalue weighted by atomic mass is 9.99. The maximum Gasteiger partial charge on any atom is 0.449 e. The number of benzene rings is 2. The van der Waals surface area contributed by atoms with Crippen molar-refractivity contribution in [1.82, 2.24) is 19.4 Å². The maximum atomic E-state index is 13.5. The number of halogens is 3. The van der Waals surface area contributed by atoms with Gasteiger partial charge in [-0.15, -0.1) is 0 Å². The van der Waals surface area contributed by atoms with Crippen LogP contribution in [-0.2, 0) is 17.5 Å². The molecule has 1 N–H and O–H groups in total. The number of nitrogens with one attached hydrogen (secondary N) is 1. The molecular weight excluding hydrogens is 405 g/mol. The second-order valence-electron chi connectivity index (χ2n) is 7.58. The van der Waals surface area contributed by atoms with Crippen molar-refractivity contribution in [1.29, 1.82) is 0 Å². The van der Waals surface area contributed by atoms with Gasteiger partial charge in [-0.05, 0) is 30.2 Å². The fourth-order valence-corrected chi connectivity index (χ4v) is 4.16. The SMILES string of the molecule is O=C(Cn1c(C(F)(F)F)nc2ccccc21)N1CC=C(c2c[nH]c3ccccc23)CC1. The molecule has 1 amide bonds. The highest BCUT2D eigenvalue weighted by Gasteiger charge is 2.38. The van der Waals surface area contributed by atoms with Crippen molar-refractivity contribution >= 4 is 33.4 Å². The summed E-state index contributed by atoms with van der Waals surface area (Å²) >= 11 is 0. The zero-order chi connectivity index (χ0) is 21.6. The molecule has 0 spiro atoms. The van der Waals surface area contributed by atoms with Crippen molar-refractivity contribution < 1.29 is 18.0 Å². The van der Waals surface area contributed by atoms with Gasteiger partial charge in [0.2, 0.25) is 11.7 Å². The molecule has 0 saturated heterocycles. The monoisotopic (exact) mass is 424 g/mol. The predicted molar refractivity (Wildman–Crippen MR) is 112 cm³/mol. The molecule has 0 bridgehead atoms. The van der Waals surface area contributed by atoms with Gasteiger partial charge in [-0.3, -0.25) is 4.79 Å². The molecule has 2 aromatic heterocycles. The minimum atomic E-state index is -4.64. The fraction of sp³-hybridized carbons (Fsp3) is 0.217. The minimum Gasteiger partial charge on any atom is -0.361 e. The van der Waals surface area contributed by atoms with E-state index >= 15 is 0 Å². The lowest BCUT2D eigenvalue weighted by molar-refractivity contribution is -0.148. The number of aromatic nitrogens is 3. The largest absolute Gasteiger partial charge is 0.449 e. The van der Waals surface area contributed by atoms with Crippen LogP contribution in [-0.4, -0.2) is 38.4 Å². The minimum absolute atomic E-state index is 0.225. The van der Waals surface area contributed by atoms with Gasteiger partial charge in [-0.2, -0.15) is 13.2 Å². The molecule has 0 aliphatic carbocycles. The molecule has 0 unspecified atom stereocenters. The smallest absolute Gasteiger partial charge is 0.361 e. The van der Waals surface area contributed by atoms with E-state index in [0.29, 0.717) is 25.0 Å². The average Bonchev–Trinajstić information content (AvgIpc) is 3.36. The van der Waals surface area contributed by atoms with Gasteiger partial charge in [0, 0.05) is 35.8 Å². The summed E-state index contributed by atoms with van der Waals surface area (Å²) in [7, 11) is 0. The third-order valence-corrected chi connectivity index (χ3v) is 5.70. The highest BCUT2D eigenvalue weighted by molar-refractivity contribution is 5.93. The Kier molecular flexibility index (Phi) is 4.57. The molecule has 3 heterocycles. The molecular formula is C23H19F3N4O. The van der Waals surface area contributed by atoms with Gasteiger partial charge < -0.3 is 14.5 Å². The number of carbonyl (C=O) groups is 1. The molecule has 5 nitrogen and oxygen atoms in total. The summed E-state index contributed by atoms with van der Waals surface area (Å²) in [6.07, 6.45) is -0.0527. The fourth-order valence-electron chi connectivity index (χ4n) is 4.16. The van der Waals surface area contributed by atoms with Crippen molar-refractivity contribution in [2.24, 2.45) is 0 Å². The Balaban J connectivity index is 1.38. The van der Waals surface area contributed by atoms with Crippen molar-refractivity contribution in [2.75, 3.05) is 13.1 Å². The summed E-state index contributed by atoms with van der Waals surface area (Å²) in [6.45, 7) is 0.422. The highest BCUT2D eigenvalue weighted by Crippen LogP contribution is 2.32. The number of imidazole rings is 1. The summed E-state index contributed by atoms with van der Waals surface area (Å²) in [5.74, 6) is -1.41. The average molecular weight is 424 g/mol. The van der Waals surface area contributed by atoms with Crippen LogP contribution in [0.15, 0.2) is 60.8 Å². The Morgan fingerprint density at radius 1 is 1.10 bits per heavy atom. The number of hydrogen-bond donors (Lipinski definition) is 1. The number of H-pyrrole nitrogens is 1. The number of alkyl halides is 3. The number of fused-ring (bicyclic) bond motifs is 2. The van der Waals surface area contributed by atoms with E-state index in [1.54, 1.807) is 23.1 Å². The Morgan fingerprint density at radius 3 is 2.65 bits per heavy atom. The highest BCUT2D eigenvalue weighted by atomic mass is 19.4. The third kappa shape index (κ3) is 3.48. The van der Waals surface area contributed by atoms with E-state index in [2.05, 4.69) is 9.97 Å². The first-order chi connectivity index (χ1) is 14.9. The summed E-state index contributed by atoms with van der Waals surface area (Å²) in [4.78, 5) is 21.4. The first kappa shape index (κ1) is 19.4. The van der Waals surface area contributed by atoms with Gasteiger partial charge in [0.05, 0.1) is 11.0 Å². The molecule has 0 fully saturated rings. The van der Waals surface area contributed by atoms with Gasteiger partial charge in [0.25, 0.3) is 0 Å². The molecule has 0 saturated carbocycles. The van der Waals surface area contributed by atoms with Gasteiger partial charge >= 0.3 is 6.18 Å². The van der Waals surface area contributed by atoms with E-state index in [-0.39, 0.29) is 11.4 Å². The van der Waals surface area contributed by atoms with Gasteiger partial charge in [-0.25, -0.2) is 4.98 Å². The van der Waals surface area contributed by atoms with E-state index < -0.39 is 18.5 Å². The van der Waals surface area contributed by atoms with Crippen molar-refractivity contribution in [3.8, 4) is 0 Å². The van der Waals surface area contributed by atoms with Crippen molar-refractivity contribution in [2.45, 2.75) is 19.1 Å². The van der Waals surface area contributed by atoms with E-state index in [9.17, 15) is 18.0 Å². The van der Waals surface area contributed by atoms with Crippen molar-refractivity contribution in [3.05, 3.63) is 72.2 Å². The first-order valence-electron chi connectivity index (χ1n) is 9.97. The Morgan fingerprint density at radius 2 is 1.87 bits per heavy atom. The zero-order valence-corrected chi connectivity index (χ0v) is 16.5. The number of hydrogen-bond acceptors (Lipinski definition) is 2. The standard InChI is InChI=1S/C23H19F3N4O/c24-23(25,26)22-28-19-7-3-4-8-20(19)30(22)14-21(31)29-11-9-15(10-12-29)17-13-27-18-6-2-1-5-16(17)18/h1-9,13,27H,10-12,14H2. The Bertz CT molecular complexity index is 1320. The third-order valence-electron chi connectivity index (χ3n) is 5.70. The van der Waals surface area contributed by atoms with E-state index in [0.717, 1.165) is 26.6 Å². The van der Waals surface area contributed by atoms with Crippen LogP contribution in [0.5, 0.6) is 0 Å². The number of amides is 1. The van der Waals surface area contributed by atoms with Crippen LogP contribution in [0.3, 0.4) is 0 Å². The van der Waals surface area contributed by atoms with Crippen LogP contribution in [0, 0.1) is 0 Å². The number of nitrogens with zero attached hydrogens (tertiary/aromatic N) is 3.